The van der Waals surface area contributed by atoms with Gasteiger partial charge in [0.2, 0.25) is 0 Å². The molecule has 1 aliphatic rings. The van der Waals surface area contributed by atoms with E-state index < -0.39 is 6.09 Å². The lowest BCUT2D eigenvalue weighted by atomic mass is 10.0. The van der Waals surface area contributed by atoms with Gasteiger partial charge in [0.15, 0.2) is 0 Å². The van der Waals surface area contributed by atoms with Crippen molar-refractivity contribution in [2.24, 2.45) is 0 Å². The third-order valence-electron chi connectivity index (χ3n) is 2.87. The van der Waals surface area contributed by atoms with E-state index in [1.807, 2.05) is 0 Å². The standard InChI is InChI=1S/C11H14BrN3O3/c12-8-5-13-10(14-6-8)18-7-9-3-1-2-4-15(9)11(16)17/h5-6,9H,1-4,7H2,(H,16,17). The molecule has 2 rings (SSSR count). The summed E-state index contributed by atoms with van der Waals surface area (Å²) >= 11 is 3.24. The van der Waals surface area contributed by atoms with Crippen molar-refractivity contribution in [3.05, 3.63) is 16.9 Å². The summed E-state index contributed by atoms with van der Waals surface area (Å²) in [6.45, 7) is 0.873. The van der Waals surface area contributed by atoms with Gasteiger partial charge in [-0.25, -0.2) is 14.8 Å². The van der Waals surface area contributed by atoms with Crippen LogP contribution in [0, 0.1) is 0 Å². The van der Waals surface area contributed by atoms with E-state index in [9.17, 15) is 4.79 Å². The minimum absolute atomic E-state index is 0.108. The highest BCUT2D eigenvalue weighted by molar-refractivity contribution is 9.10. The fourth-order valence-corrected chi connectivity index (χ4v) is 2.18. The molecule has 0 aliphatic carbocycles. The van der Waals surface area contributed by atoms with Crippen LogP contribution in [0.4, 0.5) is 4.79 Å². The average molecular weight is 316 g/mol. The second-order valence-corrected chi connectivity index (χ2v) is 5.04. The second kappa shape index (κ2) is 5.99. The Morgan fingerprint density at radius 3 is 2.89 bits per heavy atom. The largest absolute Gasteiger partial charge is 0.465 e. The molecule has 1 saturated heterocycles. The second-order valence-electron chi connectivity index (χ2n) is 4.12. The molecule has 7 heteroatoms. The number of halogens is 1. The summed E-state index contributed by atoms with van der Waals surface area (Å²) in [7, 11) is 0. The first-order chi connectivity index (χ1) is 8.66. The summed E-state index contributed by atoms with van der Waals surface area (Å²) in [5, 5.41) is 9.08. The van der Waals surface area contributed by atoms with E-state index >= 15 is 0 Å². The zero-order valence-corrected chi connectivity index (χ0v) is 11.3. The zero-order valence-electron chi connectivity index (χ0n) is 9.75. The fourth-order valence-electron chi connectivity index (χ4n) is 1.97. The molecule has 1 aromatic rings. The lowest BCUT2D eigenvalue weighted by Gasteiger charge is -2.32. The third kappa shape index (κ3) is 3.32. The van der Waals surface area contributed by atoms with Gasteiger partial charge in [-0.05, 0) is 35.2 Å². The van der Waals surface area contributed by atoms with E-state index in [0.29, 0.717) is 13.2 Å². The predicted molar refractivity (Wildman–Crippen MR) is 67.6 cm³/mol. The van der Waals surface area contributed by atoms with Crippen LogP contribution in [0.3, 0.4) is 0 Å². The van der Waals surface area contributed by atoms with Gasteiger partial charge in [-0.2, -0.15) is 0 Å². The molecule has 0 bridgehead atoms. The van der Waals surface area contributed by atoms with Crippen molar-refractivity contribution in [3.8, 4) is 6.01 Å². The SMILES string of the molecule is O=C(O)N1CCCCC1COc1ncc(Br)cn1. The van der Waals surface area contributed by atoms with Crippen LogP contribution < -0.4 is 4.74 Å². The van der Waals surface area contributed by atoms with E-state index in [1.165, 1.54) is 4.90 Å². The number of rotatable bonds is 3. The Labute approximate surface area is 113 Å². The molecule has 0 radical (unpaired) electrons. The Morgan fingerprint density at radius 2 is 2.22 bits per heavy atom. The number of hydrogen-bond acceptors (Lipinski definition) is 4. The molecule has 6 nitrogen and oxygen atoms in total. The molecule has 1 fully saturated rings. The number of amides is 1. The van der Waals surface area contributed by atoms with Gasteiger partial charge in [0.25, 0.3) is 0 Å². The molecule has 1 aromatic heterocycles. The maximum absolute atomic E-state index is 11.1. The van der Waals surface area contributed by atoms with Crippen molar-refractivity contribution >= 4 is 22.0 Å². The van der Waals surface area contributed by atoms with Crippen LogP contribution in [-0.4, -0.2) is 45.3 Å². The van der Waals surface area contributed by atoms with Crippen molar-refractivity contribution in [1.29, 1.82) is 0 Å². The van der Waals surface area contributed by atoms with Crippen molar-refractivity contribution in [1.82, 2.24) is 14.9 Å². The third-order valence-corrected chi connectivity index (χ3v) is 3.28. The van der Waals surface area contributed by atoms with Crippen molar-refractivity contribution in [2.45, 2.75) is 25.3 Å². The molecule has 18 heavy (non-hydrogen) atoms. The van der Waals surface area contributed by atoms with Crippen molar-refractivity contribution < 1.29 is 14.6 Å². The maximum Gasteiger partial charge on any atom is 0.407 e. The first-order valence-corrected chi connectivity index (χ1v) is 6.56. The molecule has 1 amide bonds. The molecule has 1 unspecified atom stereocenters. The number of ether oxygens (including phenoxy) is 1. The number of piperidine rings is 1. The van der Waals surface area contributed by atoms with Crippen LogP contribution in [0.1, 0.15) is 19.3 Å². The summed E-state index contributed by atoms with van der Waals surface area (Å²) in [5.74, 6) is 0. The fraction of sp³-hybridized carbons (Fsp3) is 0.545. The monoisotopic (exact) mass is 315 g/mol. The molecular weight excluding hydrogens is 302 g/mol. The van der Waals surface area contributed by atoms with Gasteiger partial charge in [0.1, 0.15) is 6.61 Å². The number of likely N-dealkylation sites (tertiary alicyclic amines) is 1. The van der Waals surface area contributed by atoms with Crippen LogP contribution >= 0.6 is 15.9 Å². The van der Waals surface area contributed by atoms with Gasteiger partial charge in [0.05, 0.1) is 10.5 Å². The lowest BCUT2D eigenvalue weighted by molar-refractivity contribution is 0.0813. The van der Waals surface area contributed by atoms with Crippen LogP contribution in [0.2, 0.25) is 0 Å². The minimum Gasteiger partial charge on any atom is -0.465 e. The molecule has 1 aliphatic heterocycles. The summed E-state index contributed by atoms with van der Waals surface area (Å²) in [6, 6.07) is 0.164. The Balaban J connectivity index is 1.91. The summed E-state index contributed by atoms with van der Waals surface area (Å²) in [6.07, 6.45) is 5.07. The van der Waals surface area contributed by atoms with Crippen molar-refractivity contribution in [2.75, 3.05) is 13.2 Å². The Bertz CT molecular complexity index is 412. The zero-order chi connectivity index (χ0) is 13.0. The minimum atomic E-state index is -0.889. The van der Waals surface area contributed by atoms with Crippen LogP contribution in [-0.2, 0) is 0 Å². The molecule has 1 N–H and O–H groups in total. The molecular formula is C11H14BrN3O3. The number of aromatic nitrogens is 2. The molecule has 1 atom stereocenters. The summed E-state index contributed by atoms with van der Waals surface area (Å²) in [4.78, 5) is 20.5. The van der Waals surface area contributed by atoms with E-state index in [-0.39, 0.29) is 12.1 Å². The van der Waals surface area contributed by atoms with Gasteiger partial charge in [-0.15, -0.1) is 0 Å². The number of carboxylic acid groups (broad SMARTS) is 1. The molecule has 0 saturated carbocycles. The predicted octanol–water partition coefficient (Wildman–Crippen LogP) is 2.15. The quantitative estimate of drug-likeness (QED) is 0.925. The Kier molecular flexibility index (Phi) is 4.35. The van der Waals surface area contributed by atoms with Crippen LogP contribution in [0.25, 0.3) is 0 Å². The topological polar surface area (TPSA) is 75.5 Å². The van der Waals surface area contributed by atoms with Crippen LogP contribution in [0.15, 0.2) is 16.9 Å². The van der Waals surface area contributed by atoms with E-state index in [0.717, 1.165) is 23.7 Å². The number of carbonyl (C=O) groups is 1. The van der Waals surface area contributed by atoms with Crippen molar-refractivity contribution in [3.63, 3.8) is 0 Å². The first kappa shape index (κ1) is 13.1. The normalized spacial score (nSPS) is 19.6. The Hall–Kier alpha value is -1.37. The maximum atomic E-state index is 11.1. The van der Waals surface area contributed by atoms with Crippen LogP contribution in [0.5, 0.6) is 6.01 Å². The van der Waals surface area contributed by atoms with E-state index in [4.69, 9.17) is 9.84 Å². The van der Waals surface area contributed by atoms with Gasteiger partial charge in [0, 0.05) is 18.9 Å². The highest BCUT2D eigenvalue weighted by Crippen LogP contribution is 2.18. The molecule has 2 heterocycles. The van der Waals surface area contributed by atoms with Gasteiger partial charge in [-0.3, -0.25) is 0 Å². The van der Waals surface area contributed by atoms with E-state index in [2.05, 4.69) is 25.9 Å². The molecule has 0 spiro atoms. The average Bonchev–Trinajstić information content (AvgIpc) is 2.38. The summed E-state index contributed by atoms with van der Waals surface area (Å²) < 4.78 is 6.21. The first-order valence-electron chi connectivity index (χ1n) is 5.77. The molecule has 0 aromatic carbocycles. The Morgan fingerprint density at radius 1 is 1.50 bits per heavy atom. The van der Waals surface area contributed by atoms with Gasteiger partial charge < -0.3 is 14.7 Å². The smallest absolute Gasteiger partial charge is 0.407 e. The molecule has 98 valence electrons. The highest BCUT2D eigenvalue weighted by atomic mass is 79.9. The number of nitrogens with zero attached hydrogens (tertiary/aromatic N) is 3. The highest BCUT2D eigenvalue weighted by Gasteiger charge is 2.26. The van der Waals surface area contributed by atoms with Gasteiger partial charge >= 0.3 is 12.1 Å². The van der Waals surface area contributed by atoms with Gasteiger partial charge in [-0.1, -0.05) is 0 Å². The summed E-state index contributed by atoms with van der Waals surface area (Å²) in [5.41, 5.74) is 0. The van der Waals surface area contributed by atoms with E-state index in [1.54, 1.807) is 12.4 Å². The lowest BCUT2D eigenvalue weighted by Crippen LogP contribution is -2.46. The number of hydrogen-bond donors (Lipinski definition) is 1.